The highest BCUT2D eigenvalue weighted by atomic mass is 32.2. The summed E-state index contributed by atoms with van der Waals surface area (Å²) in [5, 5.41) is 0. The number of hydrogen-bond acceptors (Lipinski definition) is 4. The zero-order valence-corrected chi connectivity index (χ0v) is 16.3. The summed E-state index contributed by atoms with van der Waals surface area (Å²) in [6, 6.07) is 4.67. The molecule has 0 radical (unpaired) electrons. The molecular weight excluding hydrogens is 375 g/mol. The van der Waals surface area contributed by atoms with Gasteiger partial charge in [0.1, 0.15) is 5.82 Å². The van der Waals surface area contributed by atoms with Crippen LogP contribution in [-0.4, -0.2) is 58.3 Å². The third-order valence-electron chi connectivity index (χ3n) is 4.45. The lowest BCUT2D eigenvalue weighted by atomic mass is 9.98. The summed E-state index contributed by atoms with van der Waals surface area (Å²) in [5.74, 6) is -1.46. The number of piperidine rings is 1. The van der Waals surface area contributed by atoms with Crippen molar-refractivity contribution in [3.63, 3.8) is 0 Å². The molecule has 2 amide bonds. The van der Waals surface area contributed by atoms with Crippen molar-refractivity contribution >= 4 is 21.8 Å². The van der Waals surface area contributed by atoms with E-state index in [4.69, 9.17) is 0 Å². The quantitative estimate of drug-likeness (QED) is 0.528. The molecule has 1 aromatic carbocycles. The van der Waals surface area contributed by atoms with Crippen molar-refractivity contribution in [2.45, 2.75) is 24.2 Å². The molecule has 3 N–H and O–H groups in total. The Hall–Kier alpha value is -2.04. The summed E-state index contributed by atoms with van der Waals surface area (Å²) >= 11 is 0. The summed E-state index contributed by atoms with van der Waals surface area (Å²) in [5.41, 5.74) is 4.80. The van der Waals surface area contributed by atoms with Gasteiger partial charge in [-0.2, -0.15) is 4.31 Å². The van der Waals surface area contributed by atoms with Crippen LogP contribution < -0.4 is 15.8 Å². The van der Waals surface area contributed by atoms with Gasteiger partial charge in [0.15, 0.2) is 0 Å². The average molecular weight is 401 g/mol. The second-order valence-corrected chi connectivity index (χ2v) is 8.81. The van der Waals surface area contributed by atoms with Gasteiger partial charge in [-0.05, 0) is 37.1 Å². The van der Waals surface area contributed by atoms with E-state index in [0.29, 0.717) is 25.8 Å². The number of amides is 2. The normalized spacial score (nSPS) is 16.3. The number of rotatable bonds is 6. The van der Waals surface area contributed by atoms with Crippen LogP contribution in [0.3, 0.4) is 0 Å². The molecule has 0 spiro atoms. The van der Waals surface area contributed by atoms with Crippen LogP contribution in [0.1, 0.15) is 19.3 Å². The number of hydrogen-bond donors (Lipinski definition) is 3. The smallest absolute Gasteiger partial charge is 0.244 e. The summed E-state index contributed by atoms with van der Waals surface area (Å²) in [7, 11) is 0.154. The van der Waals surface area contributed by atoms with E-state index in [1.165, 1.54) is 16.4 Å². The van der Waals surface area contributed by atoms with Gasteiger partial charge in [-0.15, -0.1) is 0 Å². The molecule has 1 aromatic rings. The first-order valence-corrected chi connectivity index (χ1v) is 10.3. The average Bonchev–Trinajstić information content (AvgIpc) is 2.64. The molecule has 1 saturated heterocycles. The largest absolute Gasteiger partial charge is 0.339 e. The van der Waals surface area contributed by atoms with Gasteiger partial charge in [0.25, 0.3) is 0 Å². The van der Waals surface area contributed by atoms with Crippen molar-refractivity contribution in [3.8, 4) is 0 Å². The number of hydrazine groups is 1. The Balaban J connectivity index is 1.83. The van der Waals surface area contributed by atoms with Gasteiger partial charge in [0.05, 0.1) is 32.0 Å². The molecule has 0 atom stereocenters. The molecule has 0 aliphatic carbocycles. The van der Waals surface area contributed by atoms with Crippen LogP contribution in [0.2, 0.25) is 0 Å². The fourth-order valence-corrected chi connectivity index (χ4v) is 4.24. The number of halogens is 1. The first-order valence-electron chi connectivity index (χ1n) is 8.83. The van der Waals surface area contributed by atoms with Crippen molar-refractivity contribution < 1.29 is 27.3 Å². The standard InChI is InChI=1S/C17H25FN4O4S/c1-21(2)10-9-16(23)19-20-17(24)13-7-11-22(12-8-13)27(25,26)15-5-3-14(18)4-6-15/h3-6,13H,7-12H2,1-2H3,(H,19,23)(H,20,24)/p+1. The maximum atomic E-state index is 13.0. The minimum absolute atomic E-state index is 0.0297. The number of carbonyl (C=O) groups excluding carboxylic acids is 2. The van der Waals surface area contributed by atoms with E-state index in [2.05, 4.69) is 10.9 Å². The van der Waals surface area contributed by atoms with Gasteiger partial charge in [0, 0.05) is 19.0 Å². The number of benzene rings is 1. The number of sulfonamides is 1. The van der Waals surface area contributed by atoms with Crippen LogP contribution >= 0.6 is 0 Å². The van der Waals surface area contributed by atoms with Gasteiger partial charge >= 0.3 is 0 Å². The van der Waals surface area contributed by atoms with Crippen LogP contribution in [0.25, 0.3) is 0 Å². The van der Waals surface area contributed by atoms with E-state index in [1.807, 2.05) is 14.1 Å². The van der Waals surface area contributed by atoms with Gasteiger partial charge in [-0.1, -0.05) is 0 Å². The summed E-state index contributed by atoms with van der Waals surface area (Å²) < 4.78 is 39.4. The number of nitrogens with one attached hydrogen (secondary N) is 3. The monoisotopic (exact) mass is 401 g/mol. The third kappa shape index (κ3) is 5.98. The lowest BCUT2D eigenvalue weighted by molar-refractivity contribution is -0.857. The molecule has 1 aliphatic rings. The highest BCUT2D eigenvalue weighted by Gasteiger charge is 2.32. The number of carbonyl (C=O) groups is 2. The zero-order valence-electron chi connectivity index (χ0n) is 15.5. The Bertz CT molecular complexity index is 760. The van der Waals surface area contributed by atoms with E-state index in [9.17, 15) is 22.4 Å². The van der Waals surface area contributed by atoms with Crippen LogP contribution in [0, 0.1) is 11.7 Å². The molecule has 1 fully saturated rings. The first-order chi connectivity index (χ1) is 12.7. The predicted octanol–water partition coefficient (Wildman–Crippen LogP) is -1.09. The SMILES string of the molecule is C[NH+](C)CCC(=O)NNC(=O)C1CCN(S(=O)(=O)c2ccc(F)cc2)CC1. The lowest BCUT2D eigenvalue weighted by Crippen LogP contribution is -3.05. The van der Waals surface area contributed by atoms with Crippen molar-refractivity contribution in [1.29, 1.82) is 0 Å². The number of nitrogens with zero attached hydrogens (tertiary/aromatic N) is 1. The van der Waals surface area contributed by atoms with Crippen LogP contribution in [0.4, 0.5) is 4.39 Å². The number of quaternary nitrogens is 1. The maximum Gasteiger partial charge on any atom is 0.244 e. The molecule has 0 unspecified atom stereocenters. The minimum atomic E-state index is -3.71. The van der Waals surface area contributed by atoms with E-state index in [0.717, 1.165) is 17.0 Å². The van der Waals surface area contributed by atoms with E-state index < -0.39 is 15.8 Å². The molecule has 8 nitrogen and oxygen atoms in total. The van der Waals surface area contributed by atoms with Gasteiger partial charge in [-0.3, -0.25) is 20.4 Å². The summed E-state index contributed by atoms with van der Waals surface area (Å²) in [4.78, 5) is 25.0. The summed E-state index contributed by atoms with van der Waals surface area (Å²) in [6.07, 6.45) is 1.00. The first kappa shape index (κ1) is 21.3. The molecule has 1 aliphatic heterocycles. The second-order valence-electron chi connectivity index (χ2n) is 6.88. The molecule has 1 heterocycles. The Kier molecular flexibility index (Phi) is 7.28. The molecule has 150 valence electrons. The zero-order chi connectivity index (χ0) is 20.0. The van der Waals surface area contributed by atoms with Gasteiger partial charge in [-0.25, -0.2) is 12.8 Å². The topological polar surface area (TPSA) is 100 Å². The highest BCUT2D eigenvalue weighted by Crippen LogP contribution is 2.24. The van der Waals surface area contributed by atoms with Crippen molar-refractivity contribution in [1.82, 2.24) is 15.2 Å². The lowest BCUT2D eigenvalue weighted by Gasteiger charge is -2.30. The van der Waals surface area contributed by atoms with Crippen molar-refractivity contribution in [2.75, 3.05) is 33.7 Å². The molecular formula is C17H26FN4O4S+. The Morgan fingerprint density at radius 1 is 1.15 bits per heavy atom. The molecule has 2 rings (SSSR count). The molecule has 27 heavy (non-hydrogen) atoms. The molecule has 0 aromatic heterocycles. The van der Waals surface area contributed by atoms with E-state index in [-0.39, 0.29) is 35.7 Å². The highest BCUT2D eigenvalue weighted by molar-refractivity contribution is 7.89. The molecule has 0 bridgehead atoms. The summed E-state index contributed by atoms with van der Waals surface area (Å²) in [6.45, 7) is 1.03. The maximum absolute atomic E-state index is 13.0. The fraction of sp³-hybridized carbons (Fsp3) is 0.529. The van der Waals surface area contributed by atoms with Crippen LogP contribution in [0.5, 0.6) is 0 Å². The third-order valence-corrected chi connectivity index (χ3v) is 6.37. The molecule has 10 heteroatoms. The van der Waals surface area contributed by atoms with Crippen LogP contribution in [0.15, 0.2) is 29.2 Å². The van der Waals surface area contributed by atoms with Gasteiger partial charge in [0.2, 0.25) is 21.8 Å². The van der Waals surface area contributed by atoms with Crippen molar-refractivity contribution in [3.05, 3.63) is 30.1 Å². The van der Waals surface area contributed by atoms with Crippen molar-refractivity contribution in [2.24, 2.45) is 5.92 Å². The van der Waals surface area contributed by atoms with Crippen LogP contribution in [-0.2, 0) is 19.6 Å². The van der Waals surface area contributed by atoms with E-state index >= 15 is 0 Å². The molecule has 0 saturated carbocycles. The second kappa shape index (κ2) is 9.25. The predicted molar refractivity (Wildman–Crippen MR) is 96.5 cm³/mol. The Morgan fingerprint density at radius 2 is 1.74 bits per heavy atom. The minimum Gasteiger partial charge on any atom is -0.339 e. The van der Waals surface area contributed by atoms with Gasteiger partial charge < -0.3 is 4.90 Å². The Labute approximate surface area is 158 Å². The van der Waals surface area contributed by atoms with E-state index in [1.54, 1.807) is 0 Å². The Morgan fingerprint density at radius 3 is 2.30 bits per heavy atom. The fourth-order valence-electron chi connectivity index (χ4n) is 2.77.